The van der Waals surface area contributed by atoms with Gasteiger partial charge in [0, 0.05) is 30.9 Å². The predicted octanol–water partition coefficient (Wildman–Crippen LogP) is 4.07. The van der Waals surface area contributed by atoms with Gasteiger partial charge in [0.15, 0.2) is 0 Å². The Morgan fingerprint density at radius 1 is 1.09 bits per heavy atom. The Kier molecular flexibility index (Phi) is 5.42. The van der Waals surface area contributed by atoms with E-state index in [2.05, 4.69) is 4.98 Å². The number of aliphatic hydroxyl groups excluding tert-OH is 1. The van der Waals surface area contributed by atoms with Gasteiger partial charge in [0.05, 0.1) is 11.6 Å². The highest BCUT2D eigenvalue weighted by Crippen LogP contribution is 2.40. The van der Waals surface area contributed by atoms with Crippen LogP contribution >= 0.6 is 0 Å². The summed E-state index contributed by atoms with van der Waals surface area (Å²) >= 11 is 0. The third-order valence-electron chi connectivity index (χ3n) is 6.22. The first-order chi connectivity index (χ1) is 16.0. The molecule has 3 heterocycles. The molecule has 2 atom stereocenters. The van der Waals surface area contributed by atoms with Crippen molar-refractivity contribution in [2.24, 2.45) is 0 Å². The minimum atomic E-state index is -0.680. The second-order valence-electron chi connectivity index (χ2n) is 8.46. The molecule has 166 valence electrons. The van der Waals surface area contributed by atoms with Gasteiger partial charge in [0.2, 0.25) is 0 Å². The van der Waals surface area contributed by atoms with Crippen LogP contribution in [0.2, 0.25) is 0 Å². The molecule has 1 fully saturated rings. The standard InChI is InChI=1S/C27H24N2O4/c1-17-15-21-16-20(7-8-22(21)33-17)25(30)23-24(19-9-12-28-13-10-19)29(27(32)26(23)31)14-11-18-5-3-2-4-6-18/h2-10,12-13,16-17,24,30H,11,14-15H2,1H3/b25-23-. The average molecular weight is 440 g/mol. The molecule has 33 heavy (non-hydrogen) atoms. The SMILES string of the molecule is CC1Cc2cc(/C(O)=C3/C(=O)C(=O)N(CCc4ccccc4)C3c3ccncc3)ccc2O1. The zero-order valence-electron chi connectivity index (χ0n) is 18.3. The first kappa shape index (κ1) is 20.9. The summed E-state index contributed by atoms with van der Waals surface area (Å²) in [7, 11) is 0. The summed E-state index contributed by atoms with van der Waals surface area (Å²) in [6, 6.07) is 18.1. The second-order valence-corrected chi connectivity index (χ2v) is 8.46. The molecule has 6 heteroatoms. The summed E-state index contributed by atoms with van der Waals surface area (Å²) < 4.78 is 5.75. The lowest BCUT2D eigenvalue weighted by molar-refractivity contribution is -0.139. The minimum absolute atomic E-state index is 0.0674. The number of aliphatic hydroxyl groups is 1. The van der Waals surface area contributed by atoms with E-state index in [1.54, 1.807) is 41.6 Å². The number of ketones is 1. The van der Waals surface area contributed by atoms with Crippen molar-refractivity contribution < 1.29 is 19.4 Å². The van der Waals surface area contributed by atoms with Gasteiger partial charge in [-0.05, 0) is 60.4 Å². The number of benzene rings is 2. The number of rotatable bonds is 5. The molecule has 1 amide bonds. The van der Waals surface area contributed by atoms with Gasteiger partial charge in [-0.2, -0.15) is 0 Å². The number of likely N-dealkylation sites (tertiary alicyclic amines) is 1. The monoisotopic (exact) mass is 440 g/mol. The maximum Gasteiger partial charge on any atom is 0.295 e. The van der Waals surface area contributed by atoms with Gasteiger partial charge in [0.25, 0.3) is 11.7 Å². The first-order valence-electron chi connectivity index (χ1n) is 11.0. The number of nitrogens with zero attached hydrogens (tertiary/aromatic N) is 2. The molecule has 6 nitrogen and oxygen atoms in total. The molecule has 1 saturated heterocycles. The Morgan fingerprint density at radius 2 is 1.85 bits per heavy atom. The van der Waals surface area contributed by atoms with Gasteiger partial charge in [-0.25, -0.2) is 0 Å². The van der Waals surface area contributed by atoms with Crippen molar-refractivity contribution in [3.05, 3.63) is 101 Å². The van der Waals surface area contributed by atoms with E-state index in [-0.39, 0.29) is 17.4 Å². The minimum Gasteiger partial charge on any atom is -0.507 e. The summed E-state index contributed by atoms with van der Waals surface area (Å²) in [5.74, 6) is -0.660. The highest BCUT2D eigenvalue weighted by molar-refractivity contribution is 6.46. The average Bonchev–Trinajstić information content (AvgIpc) is 3.34. The molecule has 5 rings (SSSR count). The number of aromatic nitrogens is 1. The second kappa shape index (κ2) is 8.54. The topological polar surface area (TPSA) is 79.7 Å². The summed E-state index contributed by atoms with van der Waals surface area (Å²) in [6.45, 7) is 2.34. The Hall–Kier alpha value is -3.93. The molecule has 2 aliphatic heterocycles. The van der Waals surface area contributed by atoms with Crippen molar-refractivity contribution in [1.29, 1.82) is 0 Å². The van der Waals surface area contributed by atoms with Crippen molar-refractivity contribution in [2.75, 3.05) is 6.54 Å². The van der Waals surface area contributed by atoms with Crippen molar-refractivity contribution >= 4 is 17.4 Å². The van der Waals surface area contributed by atoms with E-state index >= 15 is 0 Å². The van der Waals surface area contributed by atoms with Gasteiger partial charge in [0.1, 0.15) is 17.6 Å². The van der Waals surface area contributed by atoms with Crippen LogP contribution in [-0.4, -0.2) is 39.3 Å². The molecule has 3 aromatic rings. The maximum atomic E-state index is 13.2. The van der Waals surface area contributed by atoms with Crippen molar-refractivity contribution in [3.63, 3.8) is 0 Å². The van der Waals surface area contributed by atoms with Gasteiger partial charge >= 0.3 is 0 Å². The smallest absolute Gasteiger partial charge is 0.295 e. The number of fused-ring (bicyclic) bond motifs is 1. The van der Waals surface area contributed by atoms with Crippen LogP contribution < -0.4 is 4.74 Å². The largest absolute Gasteiger partial charge is 0.507 e. The highest BCUT2D eigenvalue weighted by Gasteiger charge is 2.45. The summed E-state index contributed by atoms with van der Waals surface area (Å²) in [4.78, 5) is 31.9. The molecule has 2 aliphatic rings. The lowest BCUT2D eigenvalue weighted by Crippen LogP contribution is -2.31. The number of hydrogen-bond donors (Lipinski definition) is 1. The Morgan fingerprint density at radius 3 is 2.61 bits per heavy atom. The van der Waals surface area contributed by atoms with E-state index in [0.717, 1.165) is 28.9 Å². The van der Waals surface area contributed by atoms with Gasteiger partial charge < -0.3 is 14.7 Å². The van der Waals surface area contributed by atoms with Crippen LogP contribution in [0, 0.1) is 0 Å². The van der Waals surface area contributed by atoms with Crippen LogP contribution in [0.4, 0.5) is 0 Å². The van der Waals surface area contributed by atoms with Gasteiger partial charge in [-0.1, -0.05) is 30.3 Å². The number of pyridine rings is 1. The number of carbonyl (C=O) groups is 2. The molecular weight excluding hydrogens is 416 g/mol. The van der Waals surface area contributed by atoms with Crippen LogP contribution in [0.1, 0.15) is 35.2 Å². The maximum absolute atomic E-state index is 13.2. The molecule has 1 aromatic heterocycles. The molecule has 0 saturated carbocycles. The fourth-order valence-corrected chi connectivity index (χ4v) is 4.62. The molecular formula is C27H24N2O4. The summed E-state index contributed by atoms with van der Waals surface area (Å²) in [5, 5.41) is 11.3. The van der Waals surface area contributed by atoms with E-state index in [9.17, 15) is 14.7 Å². The number of Topliss-reactive ketones (excluding diaryl/α,β-unsaturated/α-hetero) is 1. The number of amides is 1. The molecule has 2 unspecified atom stereocenters. The van der Waals surface area contributed by atoms with Gasteiger partial charge in [-0.3, -0.25) is 14.6 Å². The third kappa shape index (κ3) is 3.89. The molecule has 0 aliphatic carbocycles. The highest BCUT2D eigenvalue weighted by atomic mass is 16.5. The predicted molar refractivity (Wildman–Crippen MR) is 124 cm³/mol. The van der Waals surface area contributed by atoms with E-state index in [1.165, 1.54) is 0 Å². The van der Waals surface area contributed by atoms with E-state index in [1.807, 2.05) is 43.3 Å². The Bertz CT molecular complexity index is 1240. The zero-order valence-corrected chi connectivity index (χ0v) is 18.3. The summed E-state index contributed by atoms with van der Waals surface area (Å²) in [5.41, 5.74) is 3.39. The lowest BCUT2D eigenvalue weighted by atomic mass is 9.95. The van der Waals surface area contributed by atoms with Crippen LogP contribution in [0.5, 0.6) is 5.75 Å². The fraction of sp³-hybridized carbons (Fsp3) is 0.222. The number of carbonyl (C=O) groups excluding carboxylic acids is 2. The fourth-order valence-electron chi connectivity index (χ4n) is 4.62. The van der Waals surface area contributed by atoms with E-state index in [0.29, 0.717) is 18.5 Å². The molecule has 0 bridgehead atoms. The Balaban J connectivity index is 1.56. The molecule has 1 N–H and O–H groups in total. The molecule has 0 radical (unpaired) electrons. The van der Waals surface area contributed by atoms with Crippen molar-refractivity contribution in [2.45, 2.75) is 31.9 Å². The first-order valence-corrected chi connectivity index (χ1v) is 11.0. The quantitative estimate of drug-likeness (QED) is 0.368. The number of hydrogen-bond acceptors (Lipinski definition) is 5. The molecule has 2 aromatic carbocycles. The van der Waals surface area contributed by atoms with E-state index < -0.39 is 17.7 Å². The number of ether oxygens (including phenoxy) is 1. The van der Waals surface area contributed by atoms with Crippen LogP contribution in [0.15, 0.2) is 78.6 Å². The van der Waals surface area contributed by atoms with Crippen LogP contribution in [-0.2, 0) is 22.4 Å². The molecule has 0 spiro atoms. The Labute approximate surface area is 192 Å². The van der Waals surface area contributed by atoms with Crippen LogP contribution in [0.25, 0.3) is 5.76 Å². The normalized spacial score (nSPS) is 21.2. The van der Waals surface area contributed by atoms with Gasteiger partial charge in [-0.15, -0.1) is 0 Å². The van der Waals surface area contributed by atoms with Crippen LogP contribution in [0.3, 0.4) is 0 Å². The third-order valence-corrected chi connectivity index (χ3v) is 6.22. The van der Waals surface area contributed by atoms with Crippen molar-refractivity contribution in [1.82, 2.24) is 9.88 Å². The van der Waals surface area contributed by atoms with Crippen molar-refractivity contribution in [3.8, 4) is 5.75 Å². The summed E-state index contributed by atoms with van der Waals surface area (Å²) in [6.07, 6.45) is 4.65. The lowest BCUT2D eigenvalue weighted by Gasteiger charge is -2.25. The zero-order chi connectivity index (χ0) is 22.9. The van der Waals surface area contributed by atoms with E-state index in [4.69, 9.17) is 4.74 Å².